The number of rotatable bonds is 3. The maximum atomic E-state index is 13.9. The summed E-state index contributed by atoms with van der Waals surface area (Å²) in [5.41, 5.74) is -2.63. The molecule has 0 spiro atoms. The molecule has 0 bridgehead atoms. The van der Waals surface area contributed by atoms with Crippen molar-refractivity contribution in [3.8, 4) is 0 Å². The van der Waals surface area contributed by atoms with Crippen molar-refractivity contribution >= 4 is 5.91 Å². The lowest BCUT2D eigenvalue weighted by molar-refractivity contribution is -0.140. The van der Waals surface area contributed by atoms with Crippen LogP contribution in [0.5, 0.6) is 0 Å². The van der Waals surface area contributed by atoms with E-state index in [9.17, 15) is 27.5 Å². The van der Waals surface area contributed by atoms with E-state index in [4.69, 9.17) is 0 Å². The zero-order chi connectivity index (χ0) is 16.5. The highest BCUT2D eigenvalue weighted by molar-refractivity contribution is 5.95. The van der Waals surface area contributed by atoms with Crippen molar-refractivity contribution in [1.82, 2.24) is 5.32 Å². The van der Waals surface area contributed by atoms with Crippen LogP contribution in [0.4, 0.5) is 17.6 Å². The maximum Gasteiger partial charge on any atom is 0.419 e. The summed E-state index contributed by atoms with van der Waals surface area (Å²) < 4.78 is 51.9. The first-order valence-corrected chi connectivity index (χ1v) is 6.96. The van der Waals surface area contributed by atoms with Crippen molar-refractivity contribution in [2.75, 3.05) is 6.61 Å². The van der Waals surface area contributed by atoms with Crippen molar-refractivity contribution in [1.29, 1.82) is 0 Å². The molecule has 0 aliphatic heterocycles. The molecule has 2 atom stereocenters. The molecule has 122 valence electrons. The lowest BCUT2D eigenvalue weighted by Crippen LogP contribution is -2.45. The summed E-state index contributed by atoms with van der Waals surface area (Å²) in [5.74, 6) is -2.47. The summed E-state index contributed by atoms with van der Waals surface area (Å²) in [6, 6.07) is 2.23. The highest BCUT2D eigenvalue weighted by Crippen LogP contribution is 2.38. The summed E-state index contributed by atoms with van der Waals surface area (Å²) in [4.78, 5) is 12.1. The van der Waals surface area contributed by atoms with Gasteiger partial charge >= 0.3 is 6.18 Å². The standard InChI is InChI=1S/C15H17F4NO2/c1-14(8-21)7-3-6-11(14)20-13(22)9-4-2-5-10(12(9)16)15(17,18)19/h2,4-5,11,21H,3,6-8H2,1H3,(H,20,22). The van der Waals surface area contributed by atoms with E-state index in [0.29, 0.717) is 18.9 Å². The Kier molecular flexibility index (Phi) is 4.47. The molecule has 0 saturated heterocycles. The molecule has 1 amide bonds. The van der Waals surface area contributed by atoms with Crippen LogP contribution in [0.15, 0.2) is 18.2 Å². The average Bonchev–Trinajstić information content (AvgIpc) is 2.79. The van der Waals surface area contributed by atoms with E-state index >= 15 is 0 Å². The number of amides is 1. The van der Waals surface area contributed by atoms with Gasteiger partial charge in [0.25, 0.3) is 5.91 Å². The Balaban J connectivity index is 2.24. The summed E-state index contributed by atoms with van der Waals surface area (Å²) in [6.45, 7) is 1.64. The SMILES string of the molecule is CC1(CO)CCCC1NC(=O)c1cccc(C(F)(F)F)c1F. The lowest BCUT2D eigenvalue weighted by atomic mass is 9.85. The molecule has 0 aromatic heterocycles. The number of aliphatic hydroxyl groups excluding tert-OH is 1. The molecular weight excluding hydrogens is 302 g/mol. The topological polar surface area (TPSA) is 49.3 Å². The number of carbonyl (C=O) groups is 1. The summed E-state index contributed by atoms with van der Waals surface area (Å²) >= 11 is 0. The number of halogens is 4. The molecule has 1 aliphatic carbocycles. The van der Waals surface area contributed by atoms with Crippen LogP contribution in [0.25, 0.3) is 0 Å². The summed E-state index contributed by atoms with van der Waals surface area (Å²) in [7, 11) is 0. The largest absolute Gasteiger partial charge is 0.419 e. The minimum atomic E-state index is -4.85. The third kappa shape index (κ3) is 3.09. The third-order valence-electron chi connectivity index (χ3n) is 4.30. The minimum absolute atomic E-state index is 0.150. The predicted molar refractivity (Wildman–Crippen MR) is 71.7 cm³/mol. The zero-order valence-electron chi connectivity index (χ0n) is 12.0. The molecule has 1 aromatic carbocycles. The van der Waals surface area contributed by atoms with E-state index in [0.717, 1.165) is 18.6 Å². The molecule has 0 radical (unpaired) electrons. The number of alkyl halides is 3. The summed E-state index contributed by atoms with van der Waals surface area (Å²) in [5, 5.41) is 12.0. The molecule has 2 N–H and O–H groups in total. The van der Waals surface area contributed by atoms with Crippen LogP contribution < -0.4 is 5.32 Å². The van der Waals surface area contributed by atoms with Crippen LogP contribution in [0.1, 0.15) is 42.1 Å². The molecule has 3 nitrogen and oxygen atoms in total. The second-order valence-corrected chi connectivity index (χ2v) is 5.90. The number of hydrogen-bond acceptors (Lipinski definition) is 2. The van der Waals surface area contributed by atoms with Gasteiger partial charge in [0.2, 0.25) is 0 Å². The van der Waals surface area contributed by atoms with E-state index in [1.54, 1.807) is 6.92 Å². The lowest BCUT2D eigenvalue weighted by Gasteiger charge is -2.30. The van der Waals surface area contributed by atoms with E-state index in [-0.39, 0.29) is 12.6 Å². The van der Waals surface area contributed by atoms with Crippen molar-refractivity contribution < 1.29 is 27.5 Å². The number of benzene rings is 1. The smallest absolute Gasteiger partial charge is 0.396 e. The van der Waals surface area contributed by atoms with Crippen molar-refractivity contribution in [3.63, 3.8) is 0 Å². The van der Waals surface area contributed by atoms with Gasteiger partial charge < -0.3 is 10.4 Å². The quantitative estimate of drug-likeness (QED) is 0.841. The van der Waals surface area contributed by atoms with Gasteiger partial charge in [-0.2, -0.15) is 13.2 Å². The van der Waals surface area contributed by atoms with Gasteiger partial charge in [-0.1, -0.05) is 19.4 Å². The Morgan fingerprint density at radius 2 is 2.14 bits per heavy atom. The fourth-order valence-corrected chi connectivity index (χ4v) is 2.83. The van der Waals surface area contributed by atoms with Crippen LogP contribution in [0.2, 0.25) is 0 Å². The van der Waals surface area contributed by atoms with Crippen LogP contribution in [0.3, 0.4) is 0 Å². The first-order valence-electron chi connectivity index (χ1n) is 6.96. The molecule has 0 heterocycles. The molecule has 1 saturated carbocycles. The van der Waals surface area contributed by atoms with E-state index in [1.807, 2.05) is 0 Å². The molecule has 2 rings (SSSR count). The Morgan fingerprint density at radius 1 is 1.45 bits per heavy atom. The highest BCUT2D eigenvalue weighted by Gasteiger charge is 2.40. The van der Waals surface area contributed by atoms with E-state index < -0.39 is 34.4 Å². The van der Waals surface area contributed by atoms with Crippen LogP contribution in [-0.2, 0) is 6.18 Å². The highest BCUT2D eigenvalue weighted by atomic mass is 19.4. The Labute approximate surface area is 125 Å². The third-order valence-corrected chi connectivity index (χ3v) is 4.30. The van der Waals surface area contributed by atoms with Crippen molar-refractivity contribution in [2.24, 2.45) is 5.41 Å². The zero-order valence-corrected chi connectivity index (χ0v) is 12.0. The second-order valence-electron chi connectivity index (χ2n) is 5.90. The number of aliphatic hydroxyl groups is 1. The van der Waals surface area contributed by atoms with Gasteiger partial charge in [0.05, 0.1) is 17.7 Å². The molecular formula is C15H17F4NO2. The summed E-state index contributed by atoms with van der Waals surface area (Å²) in [6.07, 6.45) is -2.77. The molecule has 22 heavy (non-hydrogen) atoms. The first kappa shape index (κ1) is 16.7. The number of nitrogens with one attached hydrogen (secondary N) is 1. The van der Waals surface area contributed by atoms with Crippen LogP contribution in [-0.4, -0.2) is 23.7 Å². The first-order chi connectivity index (χ1) is 10.2. The van der Waals surface area contributed by atoms with E-state index in [1.165, 1.54) is 0 Å². The number of carbonyl (C=O) groups excluding carboxylic acids is 1. The van der Waals surface area contributed by atoms with Crippen molar-refractivity contribution in [3.05, 3.63) is 35.1 Å². The van der Waals surface area contributed by atoms with Crippen molar-refractivity contribution in [2.45, 2.75) is 38.4 Å². The monoisotopic (exact) mass is 319 g/mol. The molecule has 1 fully saturated rings. The van der Waals surface area contributed by atoms with Gasteiger partial charge in [-0.25, -0.2) is 4.39 Å². The van der Waals surface area contributed by atoms with Crippen LogP contribution >= 0.6 is 0 Å². The van der Waals surface area contributed by atoms with Gasteiger partial charge in [-0.15, -0.1) is 0 Å². The Hall–Kier alpha value is -1.63. The second kappa shape index (κ2) is 5.87. The number of hydrogen-bond donors (Lipinski definition) is 2. The van der Waals surface area contributed by atoms with Crippen LogP contribution in [0, 0.1) is 11.2 Å². The fourth-order valence-electron chi connectivity index (χ4n) is 2.83. The van der Waals surface area contributed by atoms with Gasteiger partial charge in [-0.3, -0.25) is 4.79 Å². The predicted octanol–water partition coefficient (Wildman–Crippen LogP) is 3.13. The van der Waals surface area contributed by atoms with Gasteiger partial charge in [0.15, 0.2) is 0 Å². The molecule has 1 aromatic rings. The Bertz CT molecular complexity index is 573. The van der Waals surface area contributed by atoms with Gasteiger partial charge in [0, 0.05) is 11.5 Å². The Morgan fingerprint density at radius 3 is 2.73 bits per heavy atom. The normalized spacial score (nSPS) is 25.3. The van der Waals surface area contributed by atoms with Gasteiger partial charge in [0.1, 0.15) is 5.82 Å². The molecule has 1 aliphatic rings. The minimum Gasteiger partial charge on any atom is -0.396 e. The van der Waals surface area contributed by atoms with Gasteiger partial charge in [-0.05, 0) is 25.0 Å². The fraction of sp³-hybridized carbons (Fsp3) is 0.533. The maximum absolute atomic E-state index is 13.9. The molecule has 7 heteroatoms. The average molecular weight is 319 g/mol. The van der Waals surface area contributed by atoms with E-state index in [2.05, 4.69) is 5.32 Å². The molecule has 2 unspecified atom stereocenters.